The predicted molar refractivity (Wildman–Crippen MR) is 94.5 cm³/mol. The van der Waals surface area contributed by atoms with Crippen LogP contribution in [0.1, 0.15) is 15.9 Å². The molecule has 0 bridgehead atoms. The lowest BCUT2D eigenvalue weighted by Crippen LogP contribution is -2.45. The maximum Gasteiger partial charge on any atom is 0.251 e. The molecule has 0 spiro atoms. The molecule has 0 aliphatic heterocycles. The first-order valence-electron chi connectivity index (χ1n) is 7.76. The van der Waals surface area contributed by atoms with Crippen molar-refractivity contribution in [1.29, 1.82) is 0 Å². The molecule has 0 saturated heterocycles. The average molecular weight is 318 g/mol. The Morgan fingerprint density at radius 2 is 1.54 bits per heavy atom. The molecular weight excluding hydrogens is 300 g/mol. The number of primary amides is 1. The quantitative estimate of drug-likeness (QED) is 0.759. The van der Waals surface area contributed by atoms with E-state index in [0.717, 1.165) is 16.3 Å². The Bertz CT molecular complexity index is 875. The lowest BCUT2D eigenvalue weighted by molar-refractivity contribution is -0.119. The topological polar surface area (TPSA) is 72.2 Å². The Balaban J connectivity index is 1.78. The van der Waals surface area contributed by atoms with Gasteiger partial charge in [0.25, 0.3) is 5.91 Å². The molecule has 3 N–H and O–H groups in total. The SMILES string of the molecule is NC(=O)[C@@H](Cc1ccccc1)NC(=O)c1ccc2ccccc2c1. The Kier molecular flexibility index (Phi) is 4.57. The van der Waals surface area contributed by atoms with E-state index in [-0.39, 0.29) is 5.91 Å². The monoisotopic (exact) mass is 318 g/mol. The highest BCUT2D eigenvalue weighted by molar-refractivity contribution is 6.00. The van der Waals surface area contributed by atoms with Crippen LogP contribution in [-0.2, 0) is 11.2 Å². The molecule has 120 valence electrons. The Hall–Kier alpha value is -3.14. The van der Waals surface area contributed by atoms with Crippen molar-refractivity contribution >= 4 is 22.6 Å². The van der Waals surface area contributed by atoms with Gasteiger partial charge in [-0.2, -0.15) is 0 Å². The fourth-order valence-electron chi connectivity index (χ4n) is 2.64. The summed E-state index contributed by atoms with van der Waals surface area (Å²) in [4.78, 5) is 24.2. The van der Waals surface area contributed by atoms with E-state index in [2.05, 4.69) is 5.32 Å². The minimum Gasteiger partial charge on any atom is -0.368 e. The van der Waals surface area contributed by atoms with Crippen LogP contribution in [0.2, 0.25) is 0 Å². The molecule has 0 aliphatic carbocycles. The summed E-state index contributed by atoms with van der Waals surface area (Å²) in [6.07, 6.45) is 0.371. The van der Waals surface area contributed by atoms with Crippen LogP contribution in [0.5, 0.6) is 0 Å². The van der Waals surface area contributed by atoms with Crippen LogP contribution in [0.15, 0.2) is 72.8 Å². The van der Waals surface area contributed by atoms with E-state index < -0.39 is 11.9 Å². The standard InChI is InChI=1S/C20H18N2O2/c21-19(23)18(12-14-6-2-1-3-7-14)22-20(24)17-11-10-15-8-4-5-9-16(15)13-17/h1-11,13,18H,12H2,(H2,21,23)(H,22,24)/t18-/m1/s1. The molecule has 4 heteroatoms. The predicted octanol–water partition coefficient (Wildman–Crippen LogP) is 2.67. The number of hydrogen-bond acceptors (Lipinski definition) is 2. The minimum atomic E-state index is -0.744. The molecule has 0 radical (unpaired) electrons. The molecule has 3 rings (SSSR count). The van der Waals surface area contributed by atoms with Crippen molar-refractivity contribution in [3.63, 3.8) is 0 Å². The zero-order chi connectivity index (χ0) is 16.9. The van der Waals surface area contributed by atoms with Crippen molar-refractivity contribution in [2.75, 3.05) is 0 Å². The van der Waals surface area contributed by atoms with E-state index in [1.807, 2.05) is 66.7 Å². The summed E-state index contributed by atoms with van der Waals surface area (Å²) in [5.41, 5.74) is 6.90. The lowest BCUT2D eigenvalue weighted by Gasteiger charge is -2.16. The van der Waals surface area contributed by atoms with Gasteiger partial charge in [-0.15, -0.1) is 0 Å². The van der Waals surface area contributed by atoms with Crippen molar-refractivity contribution < 1.29 is 9.59 Å². The number of carbonyl (C=O) groups is 2. The molecule has 0 unspecified atom stereocenters. The summed E-state index contributed by atoms with van der Waals surface area (Å²) < 4.78 is 0. The van der Waals surface area contributed by atoms with Crippen molar-refractivity contribution in [3.8, 4) is 0 Å². The van der Waals surface area contributed by atoms with Gasteiger partial charge in [0.1, 0.15) is 6.04 Å². The highest BCUT2D eigenvalue weighted by Crippen LogP contribution is 2.16. The largest absolute Gasteiger partial charge is 0.368 e. The first-order chi connectivity index (χ1) is 11.6. The molecule has 2 amide bonds. The van der Waals surface area contributed by atoms with E-state index in [4.69, 9.17) is 5.73 Å². The summed E-state index contributed by atoms with van der Waals surface area (Å²) in [6.45, 7) is 0. The molecule has 0 aromatic heterocycles. The van der Waals surface area contributed by atoms with Gasteiger partial charge in [-0.05, 0) is 28.5 Å². The third-order valence-electron chi connectivity index (χ3n) is 3.94. The van der Waals surface area contributed by atoms with Crippen molar-refractivity contribution in [1.82, 2.24) is 5.32 Å². The number of amides is 2. The zero-order valence-electron chi connectivity index (χ0n) is 13.1. The lowest BCUT2D eigenvalue weighted by atomic mass is 10.0. The summed E-state index contributed by atoms with van der Waals surface area (Å²) in [6, 6.07) is 22.0. The number of fused-ring (bicyclic) bond motifs is 1. The van der Waals surface area contributed by atoms with Gasteiger partial charge in [-0.25, -0.2) is 0 Å². The smallest absolute Gasteiger partial charge is 0.251 e. The molecule has 24 heavy (non-hydrogen) atoms. The van der Waals surface area contributed by atoms with Crippen LogP contribution in [0.4, 0.5) is 0 Å². The second-order valence-electron chi connectivity index (χ2n) is 5.68. The molecule has 0 saturated carbocycles. The molecule has 0 heterocycles. The van der Waals surface area contributed by atoms with Crippen LogP contribution in [-0.4, -0.2) is 17.9 Å². The molecule has 4 nitrogen and oxygen atoms in total. The molecule has 3 aromatic rings. The van der Waals surface area contributed by atoms with E-state index in [9.17, 15) is 9.59 Å². The van der Waals surface area contributed by atoms with Gasteiger partial charge < -0.3 is 11.1 Å². The first-order valence-corrected chi connectivity index (χ1v) is 7.76. The first kappa shape index (κ1) is 15.7. The van der Waals surface area contributed by atoms with Gasteiger partial charge in [0.15, 0.2) is 0 Å². The van der Waals surface area contributed by atoms with Crippen LogP contribution in [0.25, 0.3) is 10.8 Å². The van der Waals surface area contributed by atoms with E-state index in [1.165, 1.54) is 0 Å². The normalized spacial score (nSPS) is 11.8. The van der Waals surface area contributed by atoms with Crippen molar-refractivity contribution in [2.24, 2.45) is 5.73 Å². The molecule has 1 atom stereocenters. The van der Waals surface area contributed by atoms with Crippen LogP contribution in [0.3, 0.4) is 0 Å². The number of rotatable bonds is 5. The summed E-state index contributed by atoms with van der Waals surface area (Å²) >= 11 is 0. The van der Waals surface area contributed by atoms with Gasteiger partial charge in [0, 0.05) is 12.0 Å². The number of nitrogens with one attached hydrogen (secondary N) is 1. The number of nitrogens with two attached hydrogens (primary N) is 1. The van der Waals surface area contributed by atoms with Crippen molar-refractivity contribution in [3.05, 3.63) is 83.9 Å². The van der Waals surface area contributed by atoms with E-state index in [1.54, 1.807) is 6.07 Å². The third-order valence-corrected chi connectivity index (χ3v) is 3.94. The maximum atomic E-state index is 12.5. The van der Waals surface area contributed by atoms with Crippen LogP contribution >= 0.6 is 0 Å². The average Bonchev–Trinajstić information content (AvgIpc) is 2.61. The molecule has 0 aliphatic rings. The van der Waals surface area contributed by atoms with Gasteiger partial charge in [-0.1, -0.05) is 60.7 Å². The Labute approximate surface area is 140 Å². The second-order valence-corrected chi connectivity index (χ2v) is 5.68. The molecule has 0 fully saturated rings. The van der Waals surface area contributed by atoms with E-state index in [0.29, 0.717) is 12.0 Å². The summed E-state index contributed by atoms with van der Waals surface area (Å²) in [5.74, 6) is -0.853. The van der Waals surface area contributed by atoms with Gasteiger partial charge in [0.2, 0.25) is 5.91 Å². The number of benzene rings is 3. The van der Waals surface area contributed by atoms with Gasteiger partial charge >= 0.3 is 0 Å². The van der Waals surface area contributed by atoms with Gasteiger partial charge in [0.05, 0.1) is 0 Å². The highest BCUT2D eigenvalue weighted by Gasteiger charge is 2.19. The summed E-state index contributed by atoms with van der Waals surface area (Å²) in [5, 5.41) is 4.77. The van der Waals surface area contributed by atoms with Crippen LogP contribution < -0.4 is 11.1 Å². The molecular formula is C20H18N2O2. The Morgan fingerprint density at radius 3 is 2.25 bits per heavy atom. The van der Waals surface area contributed by atoms with Gasteiger partial charge in [-0.3, -0.25) is 9.59 Å². The summed E-state index contributed by atoms with van der Waals surface area (Å²) in [7, 11) is 0. The van der Waals surface area contributed by atoms with Crippen molar-refractivity contribution in [2.45, 2.75) is 12.5 Å². The second kappa shape index (κ2) is 6.96. The fraction of sp³-hybridized carbons (Fsp3) is 0.100. The zero-order valence-corrected chi connectivity index (χ0v) is 13.1. The van der Waals surface area contributed by atoms with Crippen LogP contribution in [0, 0.1) is 0 Å². The Morgan fingerprint density at radius 1 is 0.875 bits per heavy atom. The third kappa shape index (κ3) is 3.60. The maximum absolute atomic E-state index is 12.5. The minimum absolute atomic E-state index is 0.305. The highest BCUT2D eigenvalue weighted by atomic mass is 16.2. The van der Waals surface area contributed by atoms with E-state index >= 15 is 0 Å². The number of carbonyl (C=O) groups excluding carboxylic acids is 2. The molecule has 3 aromatic carbocycles. The fourth-order valence-corrected chi connectivity index (χ4v) is 2.64. The number of hydrogen-bond donors (Lipinski definition) is 2.